The largest absolute Gasteiger partial charge is 0.326 e. The van der Waals surface area contributed by atoms with Crippen LogP contribution in [0.2, 0.25) is 5.02 Å². The number of anilines is 1. The van der Waals surface area contributed by atoms with Crippen molar-refractivity contribution in [2.24, 2.45) is 0 Å². The van der Waals surface area contributed by atoms with Crippen LogP contribution in [-0.2, 0) is 11.2 Å². The molecule has 0 bridgehead atoms. The summed E-state index contributed by atoms with van der Waals surface area (Å²) in [6.07, 6.45) is 0.243. The van der Waals surface area contributed by atoms with Gasteiger partial charge in [0.25, 0.3) is 0 Å². The van der Waals surface area contributed by atoms with Gasteiger partial charge >= 0.3 is 0 Å². The van der Waals surface area contributed by atoms with Gasteiger partial charge in [-0.1, -0.05) is 29.8 Å². The Morgan fingerprint density at radius 2 is 1.91 bits per heavy atom. The molecule has 0 aliphatic rings. The maximum absolute atomic E-state index is 12.1. The average Bonchev–Trinajstić information content (AvgIpc) is 2.98. The zero-order chi connectivity index (χ0) is 16.2. The molecule has 0 radical (unpaired) electrons. The molecule has 23 heavy (non-hydrogen) atoms. The summed E-state index contributed by atoms with van der Waals surface area (Å²) in [6.45, 7) is 0. The fraction of sp³-hybridized carbons (Fsp3) is 0.0588. The molecule has 2 aromatic carbocycles. The standard InChI is InChI=1S/C17H12ClIN2OS/c18-15-4-2-1-3-14(15)17-21-13(10-23-17)9-16(22)20-12-7-5-11(19)6-8-12/h1-8,10H,9H2,(H,20,22). The van der Waals surface area contributed by atoms with Crippen molar-refractivity contribution in [2.75, 3.05) is 5.32 Å². The average molecular weight is 455 g/mol. The normalized spacial score (nSPS) is 10.5. The summed E-state index contributed by atoms with van der Waals surface area (Å²) in [5, 5.41) is 6.26. The third-order valence-corrected chi connectivity index (χ3v) is 5.10. The maximum Gasteiger partial charge on any atom is 0.230 e. The van der Waals surface area contributed by atoms with E-state index in [2.05, 4.69) is 32.9 Å². The van der Waals surface area contributed by atoms with Crippen LogP contribution in [0.3, 0.4) is 0 Å². The van der Waals surface area contributed by atoms with Crippen molar-refractivity contribution in [1.82, 2.24) is 4.98 Å². The molecule has 0 fully saturated rings. The SMILES string of the molecule is O=C(Cc1csc(-c2ccccc2Cl)n1)Nc1ccc(I)cc1. The Balaban J connectivity index is 1.68. The molecule has 0 aliphatic carbocycles. The zero-order valence-electron chi connectivity index (χ0n) is 11.9. The van der Waals surface area contributed by atoms with E-state index in [4.69, 9.17) is 11.6 Å². The van der Waals surface area contributed by atoms with Gasteiger partial charge in [0, 0.05) is 20.2 Å². The molecule has 3 aromatic rings. The Morgan fingerprint density at radius 1 is 1.17 bits per heavy atom. The summed E-state index contributed by atoms with van der Waals surface area (Å²) in [5.41, 5.74) is 2.42. The summed E-state index contributed by atoms with van der Waals surface area (Å²) in [4.78, 5) is 16.6. The third kappa shape index (κ3) is 4.31. The van der Waals surface area contributed by atoms with Crippen LogP contribution in [0.25, 0.3) is 10.6 Å². The van der Waals surface area contributed by atoms with E-state index in [0.29, 0.717) is 5.02 Å². The van der Waals surface area contributed by atoms with E-state index in [0.717, 1.165) is 25.5 Å². The highest BCUT2D eigenvalue weighted by atomic mass is 127. The minimum atomic E-state index is -0.0813. The number of carbonyl (C=O) groups excluding carboxylic acids is 1. The highest BCUT2D eigenvalue weighted by molar-refractivity contribution is 14.1. The third-order valence-electron chi connectivity index (χ3n) is 3.13. The topological polar surface area (TPSA) is 42.0 Å². The number of benzene rings is 2. The van der Waals surface area contributed by atoms with Crippen molar-refractivity contribution in [3.63, 3.8) is 0 Å². The predicted molar refractivity (Wildman–Crippen MR) is 104 cm³/mol. The van der Waals surface area contributed by atoms with E-state index in [1.54, 1.807) is 0 Å². The highest BCUT2D eigenvalue weighted by Gasteiger charge is 2.11. The first kappa shape index (κ1) is 16.4. The number of hydrogen-bond acceptors (Lipinski definition) is 3. The van der Waals surface area contributed by atoms with Gasteiger partial charge in [-0.3, -0.25) is 4.79 Å². The predicted octanol–water partition coefficient (Wildman–Crippen LogP) is 5.25. The van der Waals surface area contributed by atoms with Gasteiger partial charge in [-0.15, -0.1) is 11.3 Å². The molecule has 0 saturated heterocycles. The van der Waals surface area contributed by atoms with Crippen molar-refractivity contribution in [1.29, 1.82) is 0 Å². The minimum Gasteiger partial charge on any atom is -0.326 e. The molecular formula is C17H12ClIN2OS. The molecule has 0 spiro atoms. The van der Waals surface area contributed by atoms with Gasteiger partial charge in [-0.25, -0.2) is 4.98 Å². The summed E-state index contributed by atoms with van der Waals surface area (Å²) in [6, 6.07) is 15.2. The number of thiazole rings is 1. The first-order valence-electron chi connectivity index (χ1n) is 6.86. The number of hydrogen-bond donors (Lipinski definition) is 1. The number of nitrogens with one attached hydrogen (secondary N) is 1. The fourth-order valence-corrected chi connectivity index (χ4v) is 3.55. The number of halogens is 2. The molecule has 6 heteroatoms. The van der Waals surface area contributed by atoms with E-state index >= 15 is 0 Å². The molecular weight excluding hydrogens is 443 g/mol. The number of amides is 1. The van der Waals surface area contributed by atoms with Crippen LogP contribution >= 0.6 is 45.5 Å². The van der Waals surface area contributed by atoms with Gasteiger partial charge in [0.05, 0.1) is 17.1 Å². The molecule has 3 rings (SSSR count). The molecule has 1 aromatic heterocycles. The van der Waals surface area contributed by atoms with Crippen LogP contribution < -0.4 is 5.32 Å². The summed E-state index contributed by atoms with van der Waals surface area (Å²) >= 11 is 9.90. The van der Waals surface area contributed by atoms with Crippen LogP contribution in [0.5, 0.6) is 0 Å². The molecule has 116 valence electrons. The lowest BCUT2D eigenvalue weighted by Crippen LogP contribution is -2.14. The number of nitrogens with zero attached hydrogens (tertiary/aromatic N) is 1. The second-order valence-electron chi connectivity index (χ2n) is 4.86. The van der Waals surface area contributed by atoms with Crippen molar-refractivity contribution in [2.45, 2.75) is 6.42 Å². The van der Waals surface area contributed by atoms with Gasteiger partial charge in [0.15, 0.2) is 0 Å². The van der Waals surface area contributed by atoms with Gasteiger partial charge < -0.3 is 5.32 Å². The van der Waals surface area contributed by atoms with Crippen LogP contribution in [0, 0.1) is 3.57 Å². The molecule has 0 saturated carbocycles. The lowest BCUT2D eigenvalue weighted by atomic mass is 10.2. The minimum absolute atomic E-state index is 0.0813. The number of aromatic nitrogens is 1. The monoisotopic (exact) mass is 454 g/mol. The molecule has 0 atom stereocenters. The lowest BCUT2D eigenvalue weighted by Gasteiger charge is -2.04. The fourth-order valence-electron chi connectivity index (χ4n) is 2.05. The summed E-state index contributed by atoms with van der Waals surface area (Å²) in [7, 11) is 0. The Bertz CT molecular complexity index is 833. The Kier molecular flexibility index (Phi) is 5.30. The molecule has 0 aliphatic heterocycles. The Hall–Kier alpha value is -1.44. The van der Waals surface area contributed by atoms with Crippen molar-refractivity contribution in [3.8, 4) is 10.6 Å². The highest BCUT2D eigenvalue weighted by Crippen LogP contribution is 2.30. The van der Waals surface area contributed by atoms with Gasteiger partial charge in [-0.05, 0) is 52.9 Å². The van der Waals surface area contributed by atoms with E-state index in [1.807, 2.05) is 53.9 Å². The molecule has 1 amide bonds. The number of carbonyl (C=O) groups is 1. The van der Waals surface area contributed by atoms with E-state index in [9.17, 15) is 4.79 Å². The second-order valence-corrected chi connectivity index (χ2v) is 7.37. The first-order valence-corrected chi connectivity index (χ1v) is 9.20. The Morgan fingerprint density at radius 3 is 2.65 bits per heavy atom. The lowest BCUT2D eigenvalue weighted by molar-refractivity contribution is -0.115. The van der Waals surface area contributed by atoms with Crippen molar-refractivity contribution in [3.05, 3.63) is 68.2 Å². The Labute approximate surface area is 156 Å². The summed E-state index contributed by atoms with van der Waals surface area (Å²) < 4.78 is 1.13. The molecule has 1 heterocycles. The first-order chi connectivity index (χ1) is 11.1. The molecule has 3 nitrogen and oxygen atoms in total. The smallest absolute Gasteiger partial charge is 0.230 e. The van der Waals surface area contributed by atoms with Gasteiger partial charge in [0.1, 0.15) is 5.01 Å². The number of rotatable bonds is 4. The van der Waals surface area contributed by atoms with Crippen LogP contribution in [0.1, 0.15) is 5.69 Å². The molecule has 0 unspecified atom stereocenters. The van der Waals surface area contributed by atoms with Crippen molar-refractivity contribution >= 4 is 57.1 Å². The van der Waals surface area contributed by atoms with Crippen LogP contribution in [0.15, 0.2) is 53.9 Å². The molecule has 1 N–H and O–H groups in total. The van der Waals surface area contributed by atoms with Crippen LogP contribution in [0.4, 0.5) is 5.69 Å². The second kappa shape index (κ2) is 7.42. The summed E-state index contributed by atoms with van der Waals surface area (Å²) in [5.74, 6) is -0.0813. The van der Waals surface area contributed by atoms with E-state index in [-0.39, 0.29) is 12.3 Å². The maximum atomic E-state index is 12.1. The van der Waals surface area contributed by atoms with Crippen LogP contribution in [-0.4, -0.2) is 10.9 Å². The zero-order valence-corrected chi connectivity index (χ0v) is 15.7. The van der Waals surface area contributed by atoms with Crippen molar-refractivity contribution < 1.29 is 4.79 Å². The van der Waals surface area contributed by atoms with Gasteiger partial charge in [-0.2, -0.15) is 0 Å². The van der Waals surface area contributed by atoms with Gasteiger partial charge in [0.2, 0.25) is 5.91 Å². The quantitative estimate of drug-likeness (QED) is 0.547. The van der Waals surface area contributed by atoms with E-state index in [1.165, 1.54) is 11.3 Å². The van der Waals surface area contributed by atoms with E-state index < -0.39 is 0 Å².